The third kappa shape index (κ3) is 7.35. The van der Waals surface area contributed by atoms with Crippen LogP contribution in [-0.2, 0) is 5.41 Å². The minimum absolute atomic E-state index is 0.0405. The third-order valence-corrected chi connectivity index (χ3v) is 11.3. The van der Waals surface area contributed by atoms with Crippen molar-refractivity contribution in [1.82, 2.24) is 0 Å². The highest BCUT2D eigenvalue weighted by Gasteiger charge is 2.54. The Kier molecular flexibility index (Phi) is 12.7. The van der Waals surface area contributed by atoms with E-state index in [1.165, 1.54) is 61.1 Å². The second kappa shape index (κ2) is 18.5. The summed E-state index contributed by atoms with van der Waals surface area (Å²) in [6.07, 6.45) is 43.0. The molecular formula is C56H54N2. The van der Waals surface area contributed by atoms with Gasteiger partial charge in [0.15, 0.2) is 0 Å². The fourth-order valence-corrected chi connectivity index (χ4v) is 9.03. The maximum atomic E-state index is 5.66. The van der Waals surface area contributed by atoms with Crippen LogP contribution < -0.4 is 10.6 Å². The molecule has 1 spiro atoms. The molecule has 2 N–H and O–H groups in total. The predicted octanol–water partition coefficient (Wildman–Crippen LogP) is 14.0. The molecule has 1 aliphatic heterocycles. The molecule has 58 heavy (non-hydrogen) atoms. The summed E-state index contributed by atoms with van der Waals surface area (Å²) >= 11 is 0. The van der Waals surface area contributed by atoms with Crippen LogP contribution in [0, 0.1) is 0 Å². The molecule has 0 saturated carbocycles. The van der Waals surface area contributed by atoms with Crippen molar-refractivity contribution in [2.24, 2.45) is 5.73 Å². The highest BCUT2D eigenvalue weighted by atomic mass is 15.2. The van der Waals surface area contributed by atoms with Crippen molar-refractivity contribution in [3.8, 4) is 0 Å². The summed E-state index contributed by atoms with van der Waals surface area (Å²) in [6.45, 7) is 11.4. The monoisotopic (exact) mass is 754 g/mol. The number of allylic oxidation sites excluding steroid dienone is 23. The smallest absolute Gasteiger partial charge is 0.0750 e. The number of nitrogens with zero attached hydrogens (tertiary/aromatic N) is 1. The fourth-order valence-electron chi connectivity index (χ4n) is 9.03. The topological polar surface area (TPSA) is 29.3 Å². The van der Waals surface area contributed by atoms with Crippen molar-refractivity contribution < 1.29 is 0 Å². The van der Waals surface area contributed by atoms with E-state index in [-0.39, 0.29) is 5.92 Å². The van der Waals surface area contributed by atoms with Crippen LogP contribution >= 0.6 is 0 Å². The summed E-state index contributed by atoms with van der Waals surface area (Å²) in [6, 6.07) is 33.3. The van der Waals surface area contributed by atoms with Crippen molar-refractivity contribution in [2.45, 2.75) is 44.9 Å². The molecule has 2 nitrogen and oxygen atoms in total. The summed E-state index contributed by atoms with van der Waals surface area (Å²) in [4.78, 5) is 2.56. The zero-order chi connectivity index (χ0) is 40.3. The molecule has 0 saturated heterocycles. The summed E-state index contributed by atoms with van der Waals surface area (Å²) < 4.78 is 0. The van der Waals surface area contributed by atoms with Gasteiger partial charge in [-0.3, -0.25) is 0 Å². The first-order valence-corrected chi connectivity index (χ1v) is 20.7. The van der Waals surface area contributed by atoms with Crippen LogP contribution in [0.25, 0.3) is 16.3 Å². The van der Waals surface area contributed by atoms with Gasteiger partial charge in [-0.1, -0.05) is 209 Å². The van der Waals surface area contributed by atoms with Crippen LogP contribution in [0.15, 0.2) is 241 Å². The number of rotatable bonds is 8. The van der Waals surface area contributed by atoms with Crippen molar-refractivity contribution >= 4 is 22.0 Å². The molecule has 0 amide bonds. The zero-order valence-electron chi connectivity index (χ0n) is 34.1. The third-order valence-electron chi connectivity index (χ3n) is 11.3. The lowest BCUT2D eigenvalue weighted by Crippen LogP contribution is -2.41. The Morgan fingerprint density at radius 2 is 1.55 bits per heavy atom. The van der Waals surface area contributed by atoms with Gasteiger partial charge >= 0.3 is 0 Å². The Morgan fingerprint density at radius 1 is 0.776 bits per heavy atom. The number of nitrogens with two attached hydrogens (primary N) is 1. The van der Waals surface area contributed by atoms with E-state index in [0.717, 1.165) is 30.5 Å². The van der Waals surface area contributed by atoms with E-state index in [1.807, 2.05) is 26.0 Å². The summed E-state index contributed by atoms with van der Waals surface area (Å²) in [7, 11) is 0. The molecule has 0 radical (unpaired) electrons. The molecule has 4 aromatic rings. The van der Waals surface area contributed by atoms with E-state index >= 15 is 0 Å². The molecule has 8 rings (SSSR count). The minimum Gasteiger partial charge on any atom is -0.405 e. The highest BCUT2D eigenvalue weighted by Crippen LogP contribution is 2.64. The Morgan fingerprint density at radius 3 is 2.40 bits per heavy atom. The molecule has 4 aliphatic rings. The lowest BCUT2D eigenvalue weighted by Gasteiger charge is -2.47. The summed E-state index contributed by atoms with van der Waals surface area (Å²) in [5, 5.41) is 2.53. The molecule has 1 heterocycles. The van der Waals surface area contributed by atoms with Gasteiger partial charge in [0, 0.05) is 23.8 Å². The summed E-state index contributed by atoms with van der Waals surface area (Å²) in [5.41, 5.74) is 19.0. The van der Waals surface area contributed by atoms with Gasteiger partial charge in [-0.25, -0.2) is 0 Å². The van der Waals surface area contributed by atoms with Gasteiger partial charge < -0.3 is 10.6 Å². The standard InChI is InChI=1S/C54H48N2.C2H6/c1-3-4-5-22-39-56-50-34-18-16-32-47(50)54(48-33-17-19-35-51(48)56)46-31-15-13-28-43(52(40(2)23-20-21-38-55)42-25-8-6-9-26-42)27-10-7-11-30-45(46)53-44-29-14-12-24-41(44)36-37-49(53)54;1-2/h3-18,20-34,36-38,52H,2,19,35,39,55H2,1H3;1-2H3/b4-3-,10-7?,11-7+,15-13+,22-5-,23-20-,27-10-,28-13?,30-11?,31-15?,38-21-,43-27?,43-28+,45-30+,46-31+;. The molecular weight excluding hydrogens is 701 g/mol. The first-order chi connectivity index (χ1) is 28.7. The van der Waals surface area contributed by atoms with Crippen molar-refractivity contribution in [1.29, 1.82) is 0 Å². The molecule has 2 atom stereocenters. The second-order valence-corrected chi connectivity index (χ2v) is 14.5. The SMILES string of the molecule is C=C(/C=C\C=C/N)C(C1=C/C=C/C=C2\C(=C/C=C/C=C\1)c1c(ccc3ccccc13)C21C2=C(CCC=C2)N(C/C=C\C=C/C)c2ccccc21)c1ccccc1.CC. The molecule has 0 bridgehead atoms. The Labute approximate surface area is 346 Å². The maximum Gasteiger partial charge on any atom is 0.0750 e. The lowest BCUT2D eigenvalue weighted by atomic mass is 9.62. The van der Waals surface area contributed by atoms with Crippen molar-refractivity contribution in [2.75, 3.05) is 11.4 Å². The van der Waals surface area contributed by atoms with Crippen LogP contribution in [0.4, 0.5) is 5.69 Å². The number of para-hydroxylation sites is 1. The number of anilines is 1. The average molecular weight is 755 g/mol. The normalized spacial score (nSPS) is 23.4. The van der Waals surface area contributed by atoms with Gasteiger partial charge in [-0.2, -0.15) is 0 Å². The van der Waals surface area contributed by atoms with Crippen LogP contribution in [0.2, 0.25) is 0 Å². The van der Waals surface area contributed by atoms with Crippen LogP contribution in [0.5, 0.6) is 0 Å². The molecule has 288 valence electrons. The minimum atomic E-state index is -0.509. The van der Waals surface area contributed by atoms with Gasteiger partial charge in [0.05, 0.1) is 5.41 Å². The molecule has 0 aromatic heterocycles. The van der Waals surface area contributed by atoms with Gasteiger partial charge in [-0.05, 0) is 99.0 Å². The Balaban J connectivity index is 0.00000252. The Hall–Kier alpha value is -6.64. The average Bonchev–Trinajstić information content (AvgIpc) is 3.54. The lowest BCUT2D eigenvalue weighted by molar-refractivity contribution is 0.687. The van der Waals surface area contributed by atoms with E-state index < -0.39 is 5.41 Å². The number of hydrogen-bond acceptors (Lipinski definition) is 2. The predicted molar refractivity (Wildman–Crippen MR) is 252 cm³/mol. The van der Waals surface area contributed by atoms with Gasteiger partial charge in [-0.15, -0.1) is 0 Å². The highest BCUT2D eigenvalue weighted by molar-refractivity contribution is 6.07. The Bertz CT molecular complexity index is 2530. The van der Waals surface area contributed by atoms with Crippen molar-refractivity contribution in [3.63, 3.8) is 0 Å². The van der Waals surface area contributed by atoms with Gasteiger partial charge in [0.2, 0.25) is 0 Å². The molecule has 3 aliphatic carbocycles. The van der Waals surface area contributed by atoms with E-state index in [1.54, 1.807) is 6.20 Å². The van der Waals surface area contributed by atoms with Crippen molar-refractivity contribution in [3.05, 3.63) is 263 Å². The van der Waals surface area contributed by atoms with E-state index in [9.17, 15) is 0 Å². The van der Waals surface area contributed by atoms with E-state index in [2.05, 4.69) is 207 Å². The first kappa shape index (κ1) is 39.6. The second-order valence-electron chi connectivity index (χ2n) is 14.5. The molecule has 4 aromatic carbocycles. The number of fused-ring (bicyclic) bond motifs is 10. The zero-order valence-corrected chi connectivity index (χ0v) is 34.1. The number of benzene rings is 4. The van der Waals surface area contributed by atoms with Crippen LogP contribution in [0.3, 0.4) is 0 Å². The van der Waals surface area contributed by atoms with E-state index in [0.29, 0.717) is 0 Å². The fraction of sp³-hybridized carbons (Fsp3) is 0.143. The summed E-state index contributed by atoms with van der Waals surface area (Å²) in [5.74, 6) is -0.0405. The quantitative estimate of drug-likeness (QED) is 0.182. The maximum absolute atomic E-state index is 5.66. The van der Waals surface area contributed by atoms with E-state index in [4.69, 9.17) is 5.73 Å². The first-order valence-electron chi connectivity index (χ1n) is 20.7. The van der Waals surface area contributed by atoms with Crippen LogP contribution in [0.1, 0.15) is 61.8 Å². The number of hydrogen-bond donors (Lipinski definition) is 1. The van der Waals surface area contributed by atoms with Crippen LogP contribution in [-0.4, -0.2) is 6.54 Å². The molecule has 0 fully saturated rings. The van der Waals surface area contributed by atoms with Gasteiger partial charge in [0.25, 0.3) is 0 Å². The molecule has 2 heteroatoms. The molecule has 2 unspecified atom stereocenters. The largest absolute Gasteiger partial charge is 0.405 e. The van der Waals surface area contributed by atoms with Gasteiger partial charge in [0.1, 0.15) is 0 Å².